The lowest BCUT2D eigenvalue weighted by atomic mass is 9.97. The third-order valence-electron chi connectivity index (χ3n) is 5.21. The van der Waals surface area contributed by atoms with Gasteiger partial charge in [-0.1, -0.05) is 6.42 Å². The summed E-state index contributed by atoms with van der Waals surface area (Å²) in [5, 5.41) is 15.5. The average Bonchev–Trinajstić information content (AvgIpc) is 2.63. The van der Waals surface area contributed by atoms with Gasteiger partial charge in [0.2, 0.25) is 11.8 Å². The number of carbonyl (C=O) groups is 2. The molecule has 2 aliphatic rings. The molecule has 0 radical (unpaired) electrons. The fourth-order valence-electron chi connectivity index (χ4n) is 3.80. The van der Waals surface area contributed by atoms with Crippen molar-refractivity contribution in [2.45, 2.75) is 56.8 Å². The Morgan fingerprint density at radius 2 is 1.89 bits per heavy atom. The Morgan fingerprint density at radius 1 is 1.15 bits per heavy atom. The van der Waals surface area contributed by atoms with Crippen molar-refractivity contribution in [2.75, 3.05) is 53.4 Å². The summed E-state index contributed by atoms with van der Waals surface area (Å²) in [5.41, 5.74) is 0. The number of amides is 2. The summed E-state index contributed by atoms with van der Waals surface area (Å²) < 4.78 is 5.87. The molecule has 0 unspecified atom stereocenters. The third-order valence-corrected chi connectivity index (χ3v) is 5.21. The number of hydrogen-bond donors (Lipinski definition) is 3. The average molecular weight is 385 g/mol. The van der Waals surface area contributed by atoms with Gasteiger partial charge in [-0.25, -0.2) is 0 Å². The summed E-state index contributed by atoms with van der Waals surface area (Å²) in [6, 6.07) is -0.208. The number of aliphatic hydroxyl groups is 1. The first-order valence-corrected chi connectivity index (χ1v) is 10.2. The predicted molar refractivity (Wildman–Crippen MR) is 103 cm³/mol. The SMILES string of the molecule is CN(C)CC(=O)N[C@H]1CC[C@H](CC(=O)NCCN2CCCCC2)O[C@H]1CO. The van der Waals surface area contributed by atoms with Crippen molar-refractivity contribution in [3.05, 3.63) is 0 Å². The predicted octanol–water partition coefficient (Wildman–Crippen LogP) is -0.435. The molecule has 2 rings (SSSR count). The lowest BCUT2D eigenvalue weighted by Gasteiger charge is -2.36. The molecule has 8 nitrogen and oxygen atoms in total. The molecule has 0 aliphatic carbocycles. The highest BCUT2D eigenvalue weighted by molar-refractivity contribution is 5.78. The molecule has 0 aromatic heterocycles. The number of likely N-dealkylation sites (tertiary alicyclic amines) is 1. The summed E-state index contributed by atoms with van der Waals surface area (Å²) in [4.78, 5) is 28.3. The number of carbonyl (C=O) groups excluding carboxylic acids is 2. The van der Waals surface area contributed by atoms with Gasteiger partial charge >= 0.3 is 0 Å². The van der Waals surface area contributed by atoms with E-state index in [4.69, 9.17) is 4.74 Å². The highest BCUT2D eigenvalue weighted by Gasteiger charge is 2.32. The molecule has 3 N–H and O–H groups in total. The van der Waals surface area contributed by atoms with Gasteiger partial charge in [0.25, 0.3) is 0 Å². The van der Waals surface area contributed by atoms with E-state index in [1.54, 1.807) is 4.90 Å². The Morgan fingerprint density at radius 3 is 2.56 bits per heavy atom. The number of nitrogens with zero attached hydrogens (tertiary/aromatic N) is 2. The fraction of sp³-hybridized carbons (Fsp3) is 0.895. The molecule has 0 spiro atoms. The zero-order valence-electron chi connectivity index (χ0n) is 16.8. The zero-order chi connectivity index (χ0) is 19.6. The number of ether oxygens (including phenoxy) is 1. The summed E-state index contributed by atoms with van der Waals surface area (Å²) in [5.74, 6) is -0.0928. The number of nitrogens with one attached hydrogen (secondary N) is 2. The van der Waals surface area contributed by atoms with Crippen molar-refractivity contribution in [1.82, 2.24) is 20.4 Å². The van der Waals surface area contributed by atoms with E-state index in [0.717, 1.165) is 19.6 Å². The van der Waals surface area contributed by atoms with Crippen molar-refractivity contribution in [1.29, 1.82) is 0 Å². The number of aliphatic hydroxyl groups excluding tert-OH is 1. The molecular formula is C19H36N4O4. The summed E-state index contributed by atoms with van der Waals surface area (Å²) in [6.45, 7) is 3.95. The lowest BCUT2D eigenvalue weighted by molar-refractivity contribution is -0.136. The smallest absolute Gasteiger partial charge is 0.234 e. The maximum atomic E-state index is 12.2. The van der Waals surface area contributed by atoms with E-state index in [0.29, 0.717) is 32.4 Å². The Balaban J connectivity index is 1.67. The fourth-order valence-corrected chi connectivity index (χ4v) is 3.80. The highest BCUT2D eigenvalue weighted by Crippen LogP contribution is 2.22. The van der Waals surface area contributed by atoms with Crippen molar-refractivity contribution in [3.8, 4) is 0 Å². The molecule has 8 heteroatoms. The van der Waals surface area contributed by atoms with Crippen molar-refractivity contribution < 1.29 is 19.4 Å². The largest absolute Gasteiger partial charge is 0.394 e. The summed E-state index contributed by atoms with van der Waals surface area (Å²) >= 11 is 0. The quantitative estimate of drug-likeness (QED) is 0.499. The van der Waals surface area contributed by atoms with Crippen LogP contribution in [0.5, 0.6) is 0 Å². The van der Waals surface area contributed by atoms with E-state index in [1.165, 1.54) is 19.3 Å². The van der Waals surface area contributed by atoms with Gasteiger partial charge in [-0.05, 0) is 52.9 Å². The van der Waals surface area contributed by atoms with E-state index in [9.17, 15) is 14.7 Å². The molecule has 0 saturated carbocycles. The van der Waals surface area contributed by atoms with Crippen molar-refractivity contribution in [3.63, 3.8) is 0 Å². The van der Waals surface area contributed by atoms with E-state index in [-0.39, 0.29) is 30.6 Å². The molecule has 3 atom stereocenters. The van der Waals surface area contributed by atoms with Crippen LogP contribution >= 0.6 is 0 Å². The Kier molecular flexibility index (Phi) is 9.47. The third kappa shape index (κ3) is 8.13. The number of rotatable bonds is 9. The molecule has 2 heterocycles. The molecule has 2 fully saturated rings. The first kappa shape index (κ1) is 22.1. The molecule has 0 aromatic carbocycles. The Labute approximate surface area is 162 Å². The van der Waals surface area contributed by atoms with Crippen LogP contribution in [0.4, 0.5) is 0 Å². The maximum Gasteiger partial charge on any atom is 0.234 e. The molecule has 156 valence electrons. The Hall–Kier alpha value is -1.22. The van der Waals surface area contributed by atoms with Crippen LogP contribution in [-0.2, 0) is 14.3 Å². The van der Waals surface area contributed by atoms with Crippen LogP contribution in [0.2, 0.25) is 0 Å². The number of hydrogen-bond acceptors (Lipinski definition) is 6. The standard InChI is InChI=1S/C19H36N4O4/c1-22(2)13-19(26)21-16-7-6-15(27-17(16)14-24)12-18(25)20-8-11-23-9-4-3-5-10-23/h15-17,24H,3-14H2,1-2H3,(H,20,25)(H,21,26)/t15-,16+,17+/m1/s1. The molecular weight excluding hydrogens is 348 g/mol. The van der Waals surface area contributed by atoms with Gasteiger partial charge in [-0.15, -0.1) is 0 Å². The molecule has 27 heavy (non-hydrogen) atoms. The first-order valence-electron chi connectivity index (χ1n) is 10.2. The van der Waals surface area contributed by atoms with E-state index in [1.807, 2.05) is 14.1 Å². The second kappa shape index (κ2) is 11.6. The van der Waals surface area contributed by atoms with Crippen LogP contribution in [-0.4, -0.2) is 98.4 Å². The van der Waals surface area contributed by atoms with E-state index < -0.39 is 6.10 Å². The summed E-state index contributed by atoms with van der Waals surface area (Å²) in [6.07, 6.45) is 4.84. The van der Waals surface area contributed by atoms with Gasteiger partial charge in [0.05, 0.1) is 31.7 Å². The zero-order valence-corrected chi connectivity index (χ0v) is 16.8. The second-order valence-corrected chi connectivity index (χ2v) is 7.92. The summed E-state index contributed by atoms with van der Waals surface area (Å²) in [7, 11) is 3.67. The molecule has 2 saturated heterocycles. The highest BCUT2D eigenvalue weighted by atomic mass is 16.5. The van der Waals surface area contributed by atoms with Crippen LogP contribution < -0.4 is 10.6 Å². The minimum absolute atomic E-state index is 0.0104. The van der Waals surface area contributed by atoms with Gasteiger partial charge < -0.3 is 30.3 Å². The van der Waals surface area contributed by atoms with Crippen LogP contribution in [0.3, 0.4) is 0 Å². The molecule has 0 bridgehead atoms. The minimum Gasteiger partial charge on any atom is -0.394 e. The van der Waals surface area contributed by atoms with Crippen molar-refractivity contribution >= 4 is 11.8 Å². The van der Waals surface area contributed by atoms with Gasteiger partial charge in [-0.3, -0.25) is 9.59 Å². The van der Waals surface area contributed by atoms with Gasteiger partial charge in [0.1, 0.15) is 6.10 Å². The first-order chi connectivity index (χ1) is 13.0. The van der Waals surface area contributed by atoms with Crippen LogP contribution in [0, 0.1) is 0 Å². The minimum atomic E-state index is -0.462. The molecule has 0 aromatic rings. The van der Waals surface area contributed by atoms with Gasteiger partial charge in [0.15, 0.2) is 0 Å². The van der Waals surface area contributed by atoms with E-state index in [2.05, 4.69) is 15.5 Å². The van der Waals surface area contributed by atoms with Crippen LogP contribution in [0.1, 0.15) is 38.5 Å². The van der Waals surface area contributed by atoms with Gasteiger partial charge in [0, 0.05) is 13.1 Å². The second-order valence-electron chi connectivity index (χ2n) is 7.92. The normalized spacial score (nSPS) is 26.7. The van der Waals surface area contributed by atoms with Gasteiger partial charge in [-0.2, -0.15) is 0 Å². The van der Waals surface area contributed by atoms with Crippen LogP contribution in [0.25, 0.3) is 0 Å². The van der Waals surface area contributed by atoms with Crippen LogP contribution in [0.15, 0.2) is 0 Å². The number of likely N-dealkylation sites (N-methyl/N-ethyl adjacent to an activating group) is 1. The monoisotopic (exact) mass is 384 g/mol. The number of piperidine rings is 1. The Bertz CT molecular complexity index is 469. The van der Waals surface area contributed by atoms with Crippen molar-refractivity contribution in [2.24, 2.45) is 0 Å². The lowest BCUT2D eigenvalue weighted by Crippen LogP contribution is -2.53. The molecule has 2 aliphatic heterocycles. The van der Waals surface area contributed by atoms with E-state index >= 15 is 0 Å². The topological polar surface area (TPSA) is 94.1 Å². The molecule has 2 amide bonds. The maximum absolute atomic E-state index is 12.2.